The normalized spacial score (nSPS) is 23.0. The number of likely N-dealkylation sites (tertiary alicyclic amines) is 1. The fraction of sp³-hybridized carbons (Fsp3) is 0.643. The second-order valence-corrected chi connectivity index (χ2v) is 6.85. The van der Waals surface area contributed by atoms with Gasteiger partial charge in [-0.05, 0) is 13.8 Å². The van der Waals surface area contributed by atoms with Crippen molar-refractivity contribution in [1.82, 2.24) is 20.3 Å². The van der Waals surface area contributed by atoms with Crippen LogP contribution in [0.5, 0.6) is 0 Å². The van der Waals surface area contributed by atoms with Crippen LogP contribution in [0.1, 0.15) is 21.5 Å². The molecular weight excluding hydrogens is 288 g/mol. The van der Waals surface area contributed by atoms with E-state index in [1.807, 2.05) is 19.9 Å². The van der Waals surface area contributed by atoms with Crippen molar-refractivity contribution in [3.8, 4) is 0 Å². The Morgan fingerprint density at radius 3 is 2.86 bits per heavy atom. The van der Waals surface area contributed by atoms with Gasteiger partial charge in [0.2, 0.25) is 0 Å². The minimum absolute atomic E-state index is 0.226. The van der Waals surface area contributed by atoms with Gasteiger partial charge >= 0.3 is 0 Å². The van der Waals surface area contributed by atoms with E-state index in [9.17, 15) is 0 Å². The van der Waals surface area contributed by atoms with E-state index in [1.165, 1.54) is 0 Å². The molecule has 3 heterocycles. The van der Waals surface area contributed by atoms with E-state index in [-0.39, 0.29) is 6.10 Å². The molecule has 21 heavy (non-hydrogen) atoms. The van der Waals surface area contributed by atoms with Crippen molar-refractivity contribution in [2.45, 2.75) is 32.9 Å². The third-order valence-electron chi connectivity index (χ3n) is 3.83. The van der Waals surface area contributed by atoms with Crippen LogP contribution in [0.3, 0.4) is 0 Å². The van der Waals surface area contributed by atoms with Gasteiger partial charge in [0.15, 0.2) is 0 Å². The van der Waals surface area contributed by atoms with Gasteiger partial charge in [0.05, 0.1) is 18.3 Å². The minimum Gasteiger partial charge on any atom is -0.380 e. The number of aromatic nitrogens is 3. The lowest BCUT2D eigenvalue weighted by atomic mass is 10.0. The molecule has 0 bridgehead atoms. The van der Waals surface area contributed by atoms with Crippen LogP contribution in [-0.4, -0.2) is 46.6 Å². The van der Waals surface area contributed by atoms with E-state index in [0.717, 1.165) is 47.5 Å². The third-order valence-corrected chi connectivity index (χ3v) is 4.65. The van der Waals surface area contributed by atoms with Crippen LogP contribution in [-0.2, 0) is 17.7 Å². The van der Waals surface area contributed by atoms with Crippen LogP contribution in [0.25, 0.3) is 0 Å². The molecule has 114 valence electrons. The van der Waals surface area contributed by atoms with Gasteiger partial charge in [-0.25, -0.2) is 0 Å². The lowest BCUT2D eigenvalue weighted by molar-refractivity contribution is 0.0761. The molecule has 3 rings (SSSR count). The molecule has 0 unspecified atom stereocenters. The zero-order valence-electron chi connectivity index (χ0n) is 12.6. The highest BCUT2D eigenvalue weighted by Crippen LogP contribution is 2.25. The maximum Gasteiger partial charge on any atom is 0.137 e. The predicted molar refractivity (Wildman–Crippen MR) is 79.2 cm³/mol. The van der Waals surface area contributed by atoms with Crippen LogP contribution in [0.15, 0.2) is 10.6 Å². The molecule has 7 heteroatoms. The van der Waals surface area contributed by atoms with Crippen molar-refractivity contribution in [2.24, 2.45) is 5.92 Å². The molecule has 2 aromatic rings. The standard InChI is InChI=1S/C14H20N4O2S/c1-9-4-12(20-17-9)5-11-6-18(7-13(11)19-3)8-14-16-15-10(2)21-14/h4,11,13H,5-8H2,1-3H3/t11-,13+/m1/s1. The van der Waals surface area contributed by atoms with E-state index < -0.39 is 0 Å². The Bertz CT molecular complexity index is 597. The minimum atomic E-state index is 0.226. The Morgan fingerprint density at radius 2 is 2.24 bits per heavy atom. The van der Waals surface area contributed by atoms with Crippen LogP contribution in [0.4, 0.5) is 0 Å². The third kappa shape index (κ3) is 3.48. The van der Waals surface area contributed by atoms with Crippen molar-refractivity contribution in [1.29, 1.82) is 0 Å². The average Bonchev–Trinajstić information content (AvgIpc) is 3.13. The molecule has 1 aliphatic rings. The molecule has 2 atom stereocenters. The maximum atomic E-state index is 5.64. The molecule has 2 aromatic heterocycles. The molecule has 6 nitrogen and oxygen atoms in total. The zero-order chi connectivity index (χ0) is 14.8. The highest BCUT2D eigenvalue weighted by molar-refractivity contribution is 7.11. The molecule has 0 N–H and O–H groups in total. The van der Waals surface area contributed by atoms with E-state index in [4.69, 9.17) is 9.26 Å². The molecule has 0 amide bonds. The molecule has 0 aliphatic carbocycles. The largest absolute Gasteiger partial charge is 0.380 e. The van der Waals surface area contributed by atoms with Crippen molar-refractivity contribution in [3.63, 3.8) is 0 Å². The summed E-state index contributed by atoms with van der Waals surface area (Å²) in [4.78, 5) is 2.38. The lowest BCUT2D eigenvalue weighted by Gasteiger charge is -2.14. The highest BCUT2D eigenvalue weighted by Gasteiger charge is 2.34. The molecule has 1 saturated heterocycles. The highest BCUT2D eigenvalue weighted by atomic mass is 32.1. The molecule has 0 saturated carbocycles. The summed E-state index contributed by atoms with van der Waals surface area (Å²) in [6.07, 6.45) is 1.09. The van der Waals surface area contributed by atoms with Crippen LogP contribution in [0, 0.1) is 19.8 Å². The Kier molecular flexibility index (Phi) is 4.32. The second kappa shape index (κ2) is 6.21. The first-order valence-corrected chi connectivity index (χ1v) is 7.92. The Morgan fingerprint density at radius 1 is 1.38 bits per heavy atom. The van der Waals surface area contributed by atoms with Crippen LogP contribution >= 0.6 is 11.3 Å². The molecular formula is C14H20N4O2S. The number of ether oxygens (including phenoxy) is 1. The summed E-state index contributed by atoms with van der Waals surface area (Å²) < 4.78 is 11.0. The van der Waals surface area contributed by atoms with Gasteiger partial charge in [0.25, 0.3) is 0 Å². The monoisotopic (exact) mass is 308 g/mol. The van der Waals surface area contributed by atoms with Gasteiger partial charge < -0.3 is 9.26 Å². The molecule has 0 radical (unpaired) electrons. The fourth-order valence-electron chi connectivity index (χ4n) is 2.88. The van der Waals surface area contributed by atoms with Crippen molar-refractivity contribution in [2.75, 3.05) is 20.2 Å². The Balaban J connectivity index is 1.62. The predicted octanol–water partition coefficient (Wildman–Crippen LogP) is 1.83. The Labute approximate surface area is 128 Å². The summed E-state index contributed by atoms with van der Waals surface area (Å²) in [7, 11) is 1.78. The van der Waals surface area contributed by atoms with Gasteiger partial charge in [-0.2, -0.15) is 0 Å². The zero-order valence-corrected chi connectivity index (χ0v) is 13.4. The maximum absolute atomic E-state index is 5.64. The summed E-state index contributed by atoms with van der Waals surface area (Å²) in [5.74, 6) is 1.37. The number of hydrogen-bond acceptors (Lipinski definition) is 7. The van der Waals surface area contributed by atoms with Crippen LogP contribution < -0.4 is 0 Å². The van der Waals surface area contributed by atoms with Crippen molar-refractivity contribution in [3.05, 3.63) is 27.5 Å². The molecule has 0 spiro atoms. The quantitative estimate of drug-likeness (QED) is 0.839. The van der Waals surface area contributed by atoms with Crippen LogP contribution in [0.2, 0.25) is 0 Å². The first-order valence-electron chi connectivity index (χ1n) is 7.10. The summed E-state index contributed by atoms with van der Waals surface area (Å²) in [6.45, 7) is 6.68. The number of aryl methyl sites for hydroxylation is 2. The summed E-state index contributed by atoms with van der Waals surface area (Å²) in [6, 6.07) is 2.00. The van der Waals surface area contributed by atoms with Gasteiger partial charge in [0.1, 0.15) is 15.8 Å². The average molecular weight is 308 g/mol. The SMILES string of the molecule is CO[C@H]1CN(Cc2nnc(C)s2)C[C@H]1Cc1cc(C)no1. The Hall–Kier alpha value is -1.31. The fourth-order valence-corrected chi connectivity index (χ4v) is 3.63. The van der Waals surface area contributed by atoms with E-state index in [2.05, 4.69) is 20.3 Å². The summed E-state index contributed by atoms with van der Waals surface area (Å²) >= 11 is 1.66. The number of rotatable bonds is 5. The number of hydrogen-bond donors (Lipinski definition) is 0. The number of nitrogens with zero attached hydrogens (tertiary/aromatic N) is 4. The van der Waals surface area contributed by atoms with E-state index >= 15 is 0 Å². The topological polar surface area (TPSA) is 64.3 Å². The molecule has 1 aliphatic heterocycles. The van der Waals surface area contributed by atoms with Crippen molar-refractivity contribution < 1.29 is 9.26 Å². The second-order valence-electron chi connectivity index (χ2n) is 5.58. The van der Waals surface area contributed by atoms with Gasteiger partial charge in [-0.1, -0.05) is 5.16 Å². The molecule has 0 aromatic carbocycles. The van der Waals surface area contributed by atoms with E-state index in [0.29, 0.717) is 5.92 Å². The van der Waals surface area contributed by atoms with Gasteiger partial charge in [0, 0.05) is 38.6 Å². The number of methoxy groups -OCH3 is 1. The lowest BCUT2D eigenvalue weighted by Crippen LogP contribution is -2.23. The first-order chi connectivity index (χ1) is 10.1. The smallest absolute Gasteiger partial charge is 0.137 e. The van der Waals surface area contributed by atoms with Crippen molar-refractivity contribution >= 4 is 11.3 Å². The molecule has 1 fully saturated rings. The summed E-state index contributed by atoms with van der Waals surface area (Å²) in [5.41, 5.74) is 0.929. The van der Waals surface area contributed by atoms with Gasteiger partial charge in [-0.15, -0.1) is 21.5 Å². The first kappa shape index (κ1) is 14.6. The summed E-state index contributed by atoms with van der Waals surface area (Å²) in [5, 5.41) is 14.3. The van der Waals surface area contributed by atoms with Gasteiger partial charge in [-0.3, -0.25) is 4.90 Å². The van der Waals surface area contributed by atoms with E-state index in [1.54, 1.807) is 18.4 Å².